The fourth-order valence-electron chi connectivity index (χ4n) is 2.64. The van der Waals surface area contributed by atoms with E-state index < -0.39 is 0 Å². The monoisotopic (exact) mass is 317 g/mol. The van der Waals surface area contributed by atoms with Gasteiger partial charge in [0.2, 0.25) is 5.91 Å². The maximum atomic E-state index is 12.1. The fraction of sp³-hybridized carbons (Fsp3) is 0.250. The van der Waals surface area contributed by atoms with E-state index in [1.54, 1.807) is 17.3 Å². The zero-order valence-electron chi connectivity index (χ0n) is 12.0. The van der Waals surface area contributed by atoms with E-state index in [2.05, 4.69) is 16.8 Å². The van der Waals surface area contributed by atoms with Gasteiger partial charge in [0.1, 0.15) is 0 Å². The Labute approximate surface area is 133 Å². The molecule has 1 atom stereocenters. The number of nitrogens with one attached hydrogen (secondary N) is 1. The van der Waals surface area contributed by atoms with Crippen LogP contribution in [-0.4, -0.2) is 40.8 Å². The molecule has 1 amide bonds. The van der Waals surface area contributed by atoms with E-state index >= 15 is 0 Å². The van der Waals surface area contributed by atoms with Crippen LogP contribution in [0.2, 0.25) is 5.02 Å². The number of benzene rings is 1. The number of ether oxygens (including phenoxy) is 1. The summed E-state index contributed by atoms with van der Waals surface area (Å²) in [6.45, 7) is 5.10. The summed E-state index contributed by atoms with van der Waals surface area (Å²) in [5.74, 6) is -0.0989. The highest BCUT2D eigenvalue weighted by atomic mass is 35.5. The number of amides is 1. The number of hydrogen-bond donors (Lipinski definition) is 1. The van der Waals surface area contributed by atoms with Crippen LogP contribution in [0.25, 0.3) is 11.1 Å². The molecule has 3 rings (SSSR count). The Hall–Kier alpha value is -2.11. The van der Waals surface area contributed by atoms with E-state index in [0.29, 0.717) is 24.8 Å². The number of carbonyl (C=O) groups is 1. The van der Waals surface area contributed by atoms with Crippen molar-refractivity contribution in [2.75, 3.05) is 19.8 Å². The lowest BCUT2D eigenvalue weighted by molar-refractivity contribution is -0.134. The molecule has 0 spiro atoms. The van der Waals surface area contributed by atoms with Crippen LogP contribution in [0.15, 0.2) is 43.2 Å². The molecule has 1 saturated heterocycles. The zero-order valence-corrected chi connectivity index (χ0v) is 12.7. The van der Waals surface area contributed by atoms with Gasteiger partial charge in [0.25, 0.3) is 0 Å². The molecule has 5 nitrogen and oxygen atoms in total. The summed E-state index contributed by atoms with van der Waals surface area (Å²) in [7, 11) is 0. The Kier molecular flexibility index (Phi) is 4.27. The molecule has 22 heavy (non-hydrogen) atoms. The summed E-state index contributed by atoms with van der Waals surface area (Å²) in [5, 5.41) is 7.36. The summed E-state index contributed by atoms with van der Waals surface area (Å²) in [5.41, 5.74) is 2.84. The summed E-state index contributed by atoms with van der Waals surface area (Å²) in [4.78, 5) is 13.8. The lowest BCUT2D eigenvalue weighted by Gasteiger charge is -2.35. The van der Waals surface area contributed by atoms with Crippen molar-refractivity contribution in [3.63, 3.8) is 0 Å². The van der Waals surface area contributed by atoms with E-state index in [1.807, 2.05) is 18.2 Å². The third kappa shape index (κ3) is 2.91. The number of hydrogen-bond acceptors (Lipinski definition) is 3. The van der Waals surface area contributed by atoms with Crippen molar-refractivity contribution in [1.29, 1.82) is 0 Å². The first-order valence-electron chi connectivity index (χ1n) is 6.99. The number of nitrogens with zero attached hydrogens (tertiary/aromatic N) is 2. The molecule has 1 N–H and O–H groups in total. The first-order valence-corrected chi connectivity index (χ1v) is 7.37. The summed E-state index contributed by atoms with van der Waals surface area (Å²) < 4.78 is 5.54. The van der Waals surface area contributed by atoms with Gasteiger partial charge in [-0.25, -0.2) is 0 Å². The maximum absolute atomic E-state index is 12.1. The summed E-state index contributed by atoms with van der Waals surface area (Å²) >= 11 is 6.25. The van der Waals surface area contributed by atoms with Crippen LogP contribution in [0.5, 0.6) is 0 Å². The average molecular weight is 318 g/mol. The van der Waals surface area contributed by atoms with Crippen molar-refractivity contribution in [3.8, 4) is 11.1 Å². The lowest BCUT2D eigenvalue weighted by Crippen LogP contribution is -2.42. The molecule has 2 aromatic rings. The van der Waals surface area contributed by atoms with Crippen LogP contribution in [-0.2, 0) is 9.53 Å². The predicted octanol–water partition coefficient (Wildman–Crippen LogP) is 2.82. The minimum atomic E-state index is -0.163. The van der Waals surface area contributed by atoms with Crippen LogP contribution in [0, 0.1) is 0 Å². The molecule has 0 aliphatic carbocycles. The molecule has 0 bridgehead atoms. The topological polar surface area (TPSA) is 58.2 Å². The largest absolute Gasteiger partial charge is 0.377 e. The van der Waals surface area contributed by atoms with Crippen LogP contribution in [0.1, 0.15) is 11.6 Å². The SMILES string of the molecule is C=CC(=O)N1CCOC[C@H]1c1cc(Cl)cc(-c2cn[nH]c2)c1. The Morgan fingerprint density at radius 2 is 2.32 bits per heavy atom. The lowest BCUT2D eigenvalue weighted by atomic mass is 9.99. The zero-order chi connectivity index (χ0) is 15.5. The van der Waals surface area contributed by atoms with Crippen LogP contribution < -0.4 is 0 Å². The smallest absolute Gasteiger partial charge is 0.246 e. The molecule has 114 valence electrons. The van der Waals surface area contributed by atoms with Gasteiger partial charge in [-0.1, -0.05) is 18.2 Å². The van der Waals surface area contributed by atoms with Crippen molar-refractivity contribution < 1.29 is 9.53 Å². The highest BCUT2D eigenvalue weighted by Crippen LogP contribution is 2.31. The average Bonchev–Trinajstić information content (AvgIpc) is 3.08. The number of rotatable bonds is 3. The number of aromatic amines is 1. The number of aromatic nitrogens is 2. The van der Waals surface area contributed by atoms with Crippen LogP contribution in [0.3, 0.4) is 0 Å². The van der Waals surface area contributed by atoms with Gasteiger partial charge in [0.05, 0.1) is 25.5 Å². The van der Waals surface area contributed by atoms with Gasteiger partial charge in [-0.15, -0.1) is 0 Å². The third-order valence-electron chi connectivity index (χ3n) is 3.72. The molecule has 0 saturated carbocycles. The highest BCUT2D eigenvalue weighted by molar-refractivity contribution is 6.31. The standard InChI is InChI=1S/C16H16ClN3O2/c1-2-16(21)20-3-4-22-10-15(20)12-5-11(6-14(17)7-12)13-8-18-19-9-13/h2,5-9,15H,1,3-4,10H2,(H,18,19)/t15-/m0/s1. The molecule has 1 aliphatic heterocycles. The summed E-state index contributed by atoms with van der Waals surface area (Å²) in [6, 6.07) is 5.59. The van der Waals surface area contributed by atoms with Gasteiger partial charge in [-0.05, 0) is 35.4 Å². The van der Waals surface area contributed by atoms with Gasteiger partial charge >= 0.3 is 0 Å². The van der Waals surface area contributed by atoms with Gasteiger partial charge in [0, 0.05) is 23.3 Å². The molecule has 1 fully saturated rings. The van der Waals surface area contributed by atoms with Crippen molar-refractivity contribution in [2.45, 2.75) is 6.04 Å². The minimum absolute atomic E-state index is 0.0989. The third-order valence-corrected chi connectivity index (χ3v) is 3.94. The molecule has 1 aromatic heterocycles. The van der Waals surface area contributed by atoms with Crippen molar-refractivity contribution in [1.82, 2.24) is 15.1 Å². The minimum Gasteiger partial charge on any atom is -0.377 e. The number of H-pyrrole nitrogens is 1. The van der Waals surface area contributed by atoms with Gasteiger partial charge in [0.15, 0.2) is 0 Å². The second kappa shape index (κ2) is 6.34. The van der Waals surface area contributed by atoms with E-state index in [-0.39, 0.29) is 11.9 Å². The molecule has 2 heterocycles. The number of carbonyl (C=O) groups excluding carboxylic acids is 1. The van der Waals surface area contributed by atoms with Gasteiger partial charge in [-0.2, -0.15) is 5.10 Å². The van der Waals surface area contributed by atoms with Gasteiger partial charge in [-0.3, -0.25) is 9.89 Å². The van der Waals surface area contributed by atoms with E-state index in [9.17, 15) is 4.79 Å². The van der Waals surface area contributed by atoms with Crippen LogP contribution >= 0.6 is 11.6 Å². The fourth-order valence-corrected chi connectivity index (χ4v) is 2.88. The molecule has 1 aliphatic rings. The molecule has 6 heteroatoms. The molecular weight excluding hydrogens is 302 g/mol. The molecule has 0 radical (unpaired) electrons. The molecule has 1 aromatic carbocycles. The van der Waals surface area contributed by atoms with Crippen LogP contribution in [0.4, 0.5) is 0 Å². The summed E-state index contributed by atoms with van der Waals surface area (Å²) in [6.07, 6.45) is 4.87. The number of morpholine rings is 1. The second-order valence-corrected chi connectivity index (χ2v) is 5.52. The molecule has 0 unspecified atom stereocenters. The van der Waals surface area contributed by atoms with Crippen molar-refractivity contribution in [2.24, 2.45) is 0 Å². The molecular formula is C16H16ClN3O2. The Bertz CT molecular complexity index is 685. The maximum Gasteiger partial charge on any atom is 0.246 e. The normalized spacial score (nSPS) is 18.2. The van der Waals surface area contributed by atoms with Gasteiger partial charge < -0.3 is 9.64 Å². The Morgan fingerprint density at radius 3 is 3.05 bits per heavy atom. The number of halogens is 1. The first kappa shape index (κ1) is 14.8. The van der Waals surface area contributed by atoms with Crippen molar-refractivity contribution in [3.05, 3.63) is 53.8 Å². The van der Waals surface area contributed by atoms with Crippen molar-refractivity contribution >= 4 is 17.5 Å². The highest BCUT2D eigenvalue weighted by Gasteiger charge is 2.27. The predicted molar refractivity (Wildman–Crippen MR) is 84.5 cm³/mol. The van der Waals surface area contributed by atoms with E-state index in [4.69, 9.17) is 16.3 Å². The second-order valence-electron chi connectivity index (χ2n) is 5.09. The Balaban J connectivity index is 1.99. The first-order chi connectivity index (χ1) is 10.7. The Morgan fingerprint density at radius 1 is 1.45 bits per heavy atom. The van der Waals surface area contributed by atoms with E-state index in [1.165, 1.54) is 6.08 Å². The van der Waals surface area contributed by atoms with E-state index in [0.717, 1.165) is 16.7 Å². The quantitative estimate of drug-likeness (QED) is 0.886.